The van der Waals surface area contributed by atoms with Crippen molar-refractivity contribution in [1.82, 2.24) is 14.8 Å². The Hall–Kier alpha value is -1.72. The number of carbonyl (C=O) groups excluding carboxylic acids is 1. The summed E-state index contributed by atoms with van der Waals surface area (Å²) >= 11 is 0. The molecule has 1 fully saturated rings. The number of nitrogens with zero attached hydrogens (tertiary/aromatic N) is 2. The van der Waals surface area contributed by atoms with Crippen LogP contribution in [0.3, 0.4) is 0 Å². The second-order valence-electron chi connectivity index (χ2n) is 6.87. The fourth-order valence-electron chi connectivity index (χ4n) is 3.86. The summed E-state index contributed by atoms with van der Waals surface area (Å²) in [6, 6.07) is 4.66. The molecule has 1 aromatic heterocycles. The lowest BCUT2D eigenvalue weighted by atomic mass is 9.84. The van der Waals surface area contributed by atoms with Crippen LogP contribution in [0, 0.1) is 11.7 Å². The number of rotatable bonds is 2. The van der Waals surface area contributed by atoms with E-state index in [2.05, 4.69) is 21.8 Å². The Bertz CT molecular complexity index is 746. The average molecular weight is 315 g/mol. The number of aromatic amines is 1. The third-order valence-electron chi connectivity index (χ3n) is 5.27. The van der Waals surface area contributed by atoms with Gasteiger partial charge in [-0.05, 0) is 38.1 Å². The molecule has 0 bridgehead atoms. The van der Waals surface area contributed by atoms with Crippen LogP contribution in [0.1, 0.15) is 22.5 Å². The normalized spacial score (nSPS) is 23.4. The quantitative estimate of drug-likeness (QED) is 0.924. The molecule has 4 rings (SSSR count). The van der Waals surface area contributed by atoms with E-state index in [9.17, 15) is 9.18 Å². The van der Waals surface area contributed by atoms with Crippen LogP contribution < -0.4 is 0 Å². The van der Waals surface area contributed by atoms with Gasteiger partial charge in [-0.25, -0.2) is 4.39 Å². The van der Waals surface area contributed by atoms with Crippen LogP contribution in [0.5, 0.6) is 0 Å². The van der Waals surface area contributed by atoms with E-state index in [1.807, 2.05) is 0 Å². The largest absolute Gasteiger partial charge is 0.358 e. The minimum Gasteiger partial charge on any atom is -0.358 e. The molecule has 1 saturated heterocycles. The first-order chi connectivity index (χ1) is 11.1. The summed E-state index contributed by atoms with van der Waals surface area (Å²) in [5.41, 5.74) is 2.57. The van der Waals surface area contributed by atoms with Gasteiger partial charge in [-0.3, -0.25) is 4.79 Å². The second kappa shape index (κ2) is 5.73. The standard InChI is InChI=1S/C18H22FN3O/c1-21-6-8-22(9-7-21)11-12-2-4-16-17(18(12)23)14-10-13(19)3-5-15(14)20-16/h3,5,10,12,20H,2,4,6-9,11H2,1H3. The second-order valence-corrected chi connectivity index (χ2v) is 6.87. The molecule has 1 aliphatic heterocycles. The van der Waals surface area contributed by atoms with Crippen molar-refractivity contribution >= 4 is 16.7 Å². The number of hydrogen-bond donors (Lipinski definition) is 1. The van der Waals surface area contributed by atoms with Gasteiger partial charge in [0.05, 0.1) is 0 Å². The van der Waals surface area contributed by atoms with Crippen LogP contribution in [0.2, 0.25) is 0 Å². The van der Waals surface area contributed by atoms with E-state index < -0.39 is 0 Å². The van der Waals surface area contributed by atoms with E-state index in [-0.39, 0.29) is 17.5 Å². The Labute approximate surface area is 135 Å². The fourth-order valence-corrected chi connectivity index (χ4v) is 3.86. The fraction of sp³-hybridized carbons (Fsp3) is 0.500. The lowest BCUT2D eigenvalue weighted by Crippen LogP contribution is -2.47. The SMILES string of the molecule is CN1CCN(CC2CCc3[nH]c4ccc(F)cc4c3C2=O)CC1. The molecule has 5 heteroatoms. The zero-order chi connectivity index (χ0) is 16.0. The monoisotopic (exact) mass is 315 g/mol. The third-order valence-corrected chi connectivity index (χ3v) is 5.27. The van der Waals surface area contributed by atoms with Crippen molar-refractivity contribution in [3.63, 3.8) is 0 Å². The van der Waals surface area contributed by atoms with Crippen LogP contribution in [-0.2, 0) is 6.42 Å². The summed E-state index contributed by atoms with van der Waals surface area (Å²) in [5, 5.41) is 0.744. The summed E-state index contributed by atoms with van der Waals surface area (Å²) in [6.07, 6.45) is 1.75. The molecule has 1 aromatic carbocycles. The van der Waals surface area contributed by atoms with Crippen molar-refractivity contribution in [2.45, 2.75) is 12.8 Å². The van der Waals surface area contributed by atoms with Gasteiger partial charge < -0.3 is 14.8 Å². The number of H-pyrrole nitrogens is 1. The molecule has 4 nitrogen and oxygen atoms in total. The first-order valence-electron chi connectivity index (χ1n) is 8.37. The molecule has 0 spiro atoms. The summed E-state index contributed by atoms with van der Waals surface area (Å²) < 4.78 is 13.6. The molecule has 1 atom stereocenters. The molecular formula is C18H22FN3O. The van der Waals surface area contributed by atoms with E-state index in [0.29, 0.717) is 0 Å². The van der Waals surface area contributed by atoms with E-state index in [0.717, 1.165) is 67.7 Å². The van der Waals surface area contributed by atoms with Gasteiger partial charge in [-0.2, -0.15) is 0 Å². The molecule has 0 saturated carbocycles. The van der Waals surface area contributed by atoms with Crippen LogP contribution >= 0.6 is 0 Å². The smallest absolute Gasteiger partial charge is 0.169 e. The topological polar surface area (TPSA) is 39.3 Å². The first-order valence-corrected chi connectivity index (χ1v) is 8.37. The Morgan fingerprint density at radius 1 is 1.26 bits per heavy atom. The van der Waals surface area contributed by atoms with Crippen LogP contribution in [0.4, 0.5) is 4.39 Å². The predicted octanol–water partition coefficient (Wildman–Crippen LogP) is 2.30. The number of benzene rings is 1. The van der Waals surface area contributed by atoms with Gasteiger partial charge in [0.25, 0.3) is 0 Å². The molecule has 0 amide bonds. The van der Waals surface area contributed by atoms with E-state index in [4.69, 9.17) is 0 Å². The zero-order valence-corrected chi connectivity index (χ0v) is 13.4. The molecule has 1 unspecified atom stereocenters. The van der Waals surface area contributed by atoms with Crippen molar-refractivity contribution in [2.24, 2.45) is 5.92 Å². The molecule has 2 heterocycles. The molecular weight excluding hydrogens is 293 g/mol. The van der Waals surface area contributed by atoms with Gasteiger partial charge in [-0.1, -0.05) is 0 Å². The van der Waals surface area contributed by atoms with Crippen molar-refractivity contribution < 1.29 is 9.18 Å². The maximum Gasteiger partial charge on any atom is 0.169 e. The molecule has 23 heavy (non-hydrogen) atoms. The lowest BCUT2D eigenvalue weighted by molar-refractivity contribution is 0.0813. The Balaban J connectivity index is 1.59. The van der Waals surface area contributed by atoms with Crippen molar-refractivity contribution in [3.8, 4) is 0 Å². The summed E-state index contributed by atoms with van der Waals surface area (Å²) in [6.45, 7) is 4.99. The number of hydrogen-bond acceptors (Lipinski definition) is 3. The van der Waals surface area contributed by atoms with Gasteiger partial charge >= 0.3 is 0 Å². The van der Waals surface area contributed by atoms with Crippen LogP contribution in [0.15, 0.2) is 18.2 Å². The van der Waals surface area contributed by atoms with Crippen molar-refractivity contribution in [2.75, 3.05) is 39.8 Å². The number of likely N-dealkylation sites (N-methyl/N-ethyl adjacent to an activating group) is 1. The number of Topliss-reactive ketones (excluding diaryl/α,β-unsaturated/α-hetero) is 1. The maximum absolute atomic E-state index is 13.6. The lowest BCUT2D eigenvalue weighted by Gasteiger charge is -2.35. The zero-order valence-electron chi connectivity index (χ0n) is 13.4. The number of halogens is 1. The molecule has 1 N–H and O–H groups in total. The highest BCUT2D eigenvalue weighted by Crippen LogP contribution is 2.32. The van der Waals surface area contributed by atoms with Gasteiger partial charge in [0, 0.05) is 60.8 Å². The molecule has 1 aliphatic carbocycles. The minimum atomic E-state index is -0.284. The minimum absolute atomic E-state index is 0.0353. The van der Waals surface area contributed by atoms with Gasteiger partial charge in [0.2, 0.25) is 0 Å². The number of aryl methyl sites for hydroxylation is 1. The number of aromatic nitrogens is 1. The van der Waals surface area contributed by atoms with E-state index in [1.54, 1.807) is 6.07 Å². The van der Waals surface area contributed by atoms with Crippen LogP contribution in [0.25, 0.3) is 10.9 Å². The number of fused-ring (bicyclic) bond motifs is 3. The Morgan fingerprint density at radius 3 is 2.83 bits per heavy atom. The van der Waals surface area contributed by atoms with E-state index in [1.165, 1.54) is 12.1 Å². The average Bonchev–Trinajstić information content (AvgIpc) is 2.90. The molecule has 0 radical (unpaired) electrons. The highest BCUT2D eigenvalue weighted by atomic mass is 19.1. The maximum atomic E-state index is 13.6. The highest BCUT2D eigenvalue weighted by Gasteiger charge is 2.32. The van der Waals surface area contributed by atoms with Gasteiger partial charge in [0.15, 0.2) is 5.78 Å². The Kier molecular flexibility index (Phi) is 3.70. The van der Waals surface area contributed by atoms with Crippen molar-refractivity contribution in [3.05, 3.63) is 35.3 Å². The van der Waals surface area contributed by atoms with Crippen molar-refractivity contribution in [1.29, 1.82) is 0 Å². The number of nitrogens with one attached hydrogen (secondary N) is 1. The molecule has 2 aliphatic rings. The van der Waals surface area contributed by atoms with E-state index >= 15 is 0 Å². The van der Waals surface area contributed by atoms with Gasteiger partial charge in [0.1, 0.15) is 5.82 Å². The summed E-state index contributed by atoms with van der Waals surface area (Å²) in [4.78, 5) is 21.0. The predicted molar refractivity (Wildman–Crippen MR) is 88.3 cm³/mol. The molecule has 122 valence electrons. The summed E-state index contributed by atoms with van der Waals surface area (Å²) in [7, 11) is 2.13. The molecule has 2 aromatic rings. The Morgan fingerprint density at radius 2 is 2.04 bits per heavy atom. The number of carbonyl (C=O) groups is 1. The summed E-state index contributed by atoms with van der Waals surface area (Å²) in [5.74, 6) is -0.0662. The first kappa shape index (κ1) is 14.8. The number of ketones is 1. The van der Waals surface area contributed by atoms with Gasteiger partial charge in [-0.15, -0.1) is 0 Å². The van der Waals surface area contributed by atoms with Crippen LogP contribution in [-0.4, -0.2) is 60.3 Å². The third kappa shape index (κ3) is 2.68. The number of piperazine rings is 1. The highest BCUT2D eigenvalue weighted by molar-refractivity contribution is 6.11.